The van der Waals surface area contributed by atoms with Crippen molar-refractivity contribution in [1.82, 2.24) is 23.8 Å². The first kappa shape index (κ1) is 29.4. The van der Waals surface area contributed by atoms with E-state index in [1.165, 1.54) is 38.8 Å². The lowest BCUT2D eigenvalue weighted by atomic mass is 9.99. The molecule has 5 aromatic heterocycles. The largest absolute Gasteiger partial charge is 0.457 e. The maximum atomic E-state index is 6.64. The van der Waals surface area contributed by atoms with E-state index in [0.29, 0.717) is 0 Å². The Morgan fingerprint density at radius 3 is 1.86 bits per heavy atom. The minimum atomic E-state index is 0.739. The van der Waals surface area contributed by atoms with E-state index < -0.39 is 0 Å². The molecule has 0 saturated carbocycles. The molecule has 6 nitrogen and oxygen atoms in total. The molecule has 0 aliphatic rings. The Morgan fingerprint density at radius 1 is 0.510 bits per heavy atom. The van der Waals surface area contributed by atoms with Crippen LogP contribution in [0.4, 0.5) is 0 Å². The molecule has 244 valence electrons. The predicted octanol–water partition coefficient (Wildman–Crippen LogP) is 11.3. The highest BCUT2D eigenvalue weighted by molar-refractivity contribution is 6.13. The number of rotatable bonds is 4. The fourth-order valence-corrected chi connectivity index (χ4v) is 8.10. The summed E-state index contributed by atoms with van der Waals surface area (Å²) in [6, 6.07) is 38.3. The molecule has 0 atom stereocenters. The van der Waals surface area contributed by atoms with Crippen LogP contribution in [-0.4, -0.2) is 23.8 Å². The molecule has 0 spiro atoms. The molecular formula is C45H33N5O. The van der Waals surface area contributed by atoms with Crippen LogP contribution < -0.4 is 4.74 Å². The monoisotopic (exact) mass is 659 g/mol. The minimum Gasteiger partial charge on any atom is -0.457 e. The Labute approximate surface area is 294 Å². The average molecular weight is 660 g/mol. The van der Waals surface area contributed by atoms with Gasteiger partial charge in [-0.1, -0.05) is 54.6 Å². The molecule has 0 amide bonds. The van der Waals surface area contributed by atoms with E-state index in [0.717, 1.165) is 72.3 Å². The van der Waals surface area contributed by atoms with Crippen LogP contribution in [0.1, 0.15) is 22.3 Å². The summed E-state index contributed by atoms with van der Waals surface area (Å²) in [5.74, 6) is 1.48. The van der Waals surface area contributed by atoms with Gasteiger partial charge in [0.2, 0.25) is 0 Å². The smallest absolute Gasteiger partial charge is 0.146 e. The summed E-state index contributed by atoms with van der Waals surface area (Å²) in [5, 5.41) is 6.51. The van der Waals surface area contributed by atoms with Gasteiger partial charge in [0.05, 0.1) is 23.1 Å². The molecule has 10 rings (SSSR count). The van der Waals surface area contributed by atoms with Gasteiger partial charge in [-0.15, -0.1) is 0 Å². The minimum absolute atomic E-state index is 0.739. The first-order valence-corrected chi connectivity index (χ1v) is 17.3. The molecule has 0 fully saturated rings. The Bertz CT molecular complexity index is 3020. The third-order valence-corrected chi connectivity index (χ3v) is 10.4. The first-order chi connectivity index (χ1) is 24.9. The number of hydrogen-bond donors (Lipinski definition) is 0. The number of nitrogens with zero attached hydrogens (tertiary/aromatic N) is 5. The van der Waals surface area contributed by atoms with Crippen LogP contribution >= 0.6 is 0 Å². The number of pyridine rings is 3. The molecule has 0 N–H and O–H groups in total. The van der Waals surface area contributed by atoms with E-state index in [9.17, 15) is 0 Å². The van der Waals surface area contributed by atoms with Crippen LogP contribution in [0.15, 0.2) is 128 Å². The van der Waals surface area contributed by atoms with Gasteiger partial charge in [-0.25, -0.2) is 15.0 Å². The van der Waals surface area contributed by atoms with Gasteiger partial charge < -0.3 is 4.74 Å². The van der Waals surface area contributed by atoms with Gasteiger partial charge in [0.1, 0.15) is 28.4 Å². The van der Waals surface area contributed by atoms with E-state index in [4.69, 9.17) is 19.7 Å². The standard InChI is InChI=1S/C45H33N5O/c1-26-9-7-10-27(2)41(26)38-20-19-35-33-18-16-30(23-36(33)43-46-21-22-49(43)45(35)48-38)51-31-15-17-32-34-13-5-6-14-39(34)50-40(25-47-44(50)37(32)24-31)42-28(3)11-8-12-29(42)4/h5-25H,1-4H3. The van der Waals surface area contributed by atoms with Crippen molar-refractivity contribution in [3.8, 4) is 34.0 Å². The maximum absolute atomic E-state index is 6.64. The van der Waals surface area contributed by atoms with Crippen LogP contribution in [0, 0.1) is 27.7 Å². The Kier molecular flexibility index (Phi) is 6.33. The van der Waals surface area contributed by atoms with Crippen molar-refractivity contribution in [2.75, 3.05) is 0 Å². The predicted molar refractivity (Wildman–Crippen MR) is 208 cm³/mol. The van der Waals surface area contributed by atoms with Gasteiger partial charge in [0, 0.05) is 45.1 Å². The third-order valence-electron chi connectivity index (χ3n) is 10.4. The fourth-order valence-electron chi connectivity index (χ4n) is 8.10. The highest BCUT2D eigenvalue weighted by Crippen LogP contribution is 2.39. The molecule has 51 heavy (non-hydrogen) atoms. The van der Waals surface area contributed by atoms with E-state index in [-0.39, 0.29) is 0 Å². The van der Waals surface area contributed by atoms with Crippen LogP contribution in [0.25, 0.3) is 77.3 Å². The number of hydrogen-bond acceptors (Lipinski definition) is 4. The highest BCUT2D eigenvalue weighted by Gasteiger charge is 2.18. The molecule has 6 heteroatoms. The maximum Gasteiger partial charge on any atom is 0.146 e. The summed E-state index contributed by atoms with van der Waals surface area (Å²) in [4.78, 5) is 15.0. The zero-order valence-corrected chi connectivity index (χ0v) is 28.8. The van der Waals surface area contributed by atoms with Gasteiger partial charge in [-0.3, -0.25) is 8.80 Å². The normalized spacial score (nSPS) is 11.9. The van der Waals surface area contributed by atoms with E-state index in [1.54, 1.807) is 0 Å². The van der Waals surface area contributed by atoms with Crippen molar-refractivity contribution in [2.24, 2.45) is 0 Å². The highest BCUT2D eigenvalue weighted by atomic mass is 16.5. The van der Waals surface area contributed by atoms with Gasteiger partial charge in [-0.05, 0) is 115 Å². The molecule has 5 aromatic carbocycles. The molecule has 0 saturated heterocycles. The summed E-state index contributed by atoms with van der Waals surface area (Å²) < 4.78 is 11.0. The lowest BCUT2D eigenvalue weighted by molar-refractivity contribution is 0.484. The van der Waals surface area contributed by atoms with Gasteiger partial charge in [0.25, 0.3) is 0 Å². The Morgan fingerprint density at radius 2 is 1.14 bits per heavy atom. The number of ether oxygens (including phenoxy) is 1. The zero-order chi connectivity index (χ0) is 34.4. The van der Waals surface area contributed by atoms with Gasteiger partial charge in [-0.2, -0.15) is 0 Å². The van der Waals surface area contributed by atoms with Crippen LogP contribution in [0.5, 0.6) is 11.5 Å². The molecule has 0 aliphatic heterocycles. The van der Waals surface area contributed by atoms with Gasteiger partial charge in [0.15, 0.2) is 0 Å². The van der Waals surface area contributed by atoms with E-state index in [1.807, 2.05) is 24.7 Å². The molecule has 0 radical (unpaired) electrons. The van der Waals surface area contributed by atoms with E-state index >= 15 is 0 Å². The topological polar surface area (TPSA) is 56.7 Å². The number of benzene rings is 5. The third kappa shape index (κ3) is 4.39. The van der Waals surface area contributed by atoms with Gasteiger partial charge >= 0.3 is 0 Å². The van der Waals surface area contributed by atoms with Crippen molar-refractivity contribution in [3.05, 3.63) is 150 Å². The van der Waals surface area contributed by atoms with E-state index in [2.05, 4.69) is 140 Å². The lowest BCUT2D eigenvalue weighted by Gasteiger charge is -2.15. The van der Waals surface area contributed by atoms with Crippen LogP contribution in [0.2, 0.25) is 0 Å². The number of aromatic nitrogens is 5. The molecule has 0 unspecified atom stereocenters. The van der Waals surface area contributed by atoms with Crippen molar-refractivity contribution in [3.63, 3.8) is 0 Å². The zero-order valence-electron chi connectivity index (χ0n) is 28.8. The summed E-state index contributed by atoms with van der Waals surface area (Å²) in [5.41, 5.74) is 13.1. The second-order valence-corrected chi connectivity index (χ2v) is 13.6. The lowest BCUT2D eigenvalue weighted by Crippen LogP contribution is -1.97. The Hall–Kier alpha value is -6.53. The second-order valence-electron chi connectivity index (χ2n) is 13.6. The summed E-state index contributed by atoms with van der Waals surface area (Å²) in [6.07, 6.45) is 5.83. The number of para-hydroxylation sites is 1. The number of imidazole rings is 2. The fraction of sp³-hybridized carbons (Fsp3) is 0.0889. The van der Waals surface area contributed by atoms with Crippen molar-refractivity contribution in [2.45, 2.75) is 27.7 Å². The summed E-state index contributed by atoms with van der Waals surface area (Å²) in [7, 11) is 0. The number of fused-ring (bicyclic) bond motifs is 12. The SMILES string of the molecule is Cc1cccc(C)c1-c1ccc2c3ccc(Oc4ccc5c6ccccc6n6c(-c7c(C)cccc7C)cnc6c5c4)cc3c3nccn3c2n1. The summed E-state index contributed by atoms with van der Waals surface area (Å²) >= 11 is 0. The van der Waals surface area contributed by atoms with Crippen molar-refractivity contribution >= 4 is 54.8 Å². The first-order valence-electron chi connectivity index (χ1n) is 17.3. The quantitative estimate of drug-likeness (QED) is 0.176. The molecule has 0 bridgehead atoms. The average Bonchev–Trinajstić information content (AvgIpc) is 3.81. The molecular weight excluding hydrogens is 627 g/mol. The number of aryl methyl sites for hydroxylation is 4. The molecule has 5 heterocycles. The Balaban J connectivity index is 1.11. The molecule has 10 aromatic rings. The van der Waals surface area contributed by atoms with Crippen molar-refractivity contribution in [1.29, 1.82) is 0 Å². The second kappa shape index (κ2) is 11.0. The van der Waals surface area contributed by atoms with Crippen LogP contribution in [0.3, 0.4) is 0 Å². The van der Waals surface area contributed by atoms with Crippen LogP contribution in [-0.2, 0) is 0 Å². The van der Waals surface area contributed by atoms with Crippen molar-refractivity contribution < 1.29 is 4.74 Å². The molecule has 0 aliphatic carbocycles. The summed E-state index contributed by atoms with van der Waals surface area (Å²) in [6.45, 7) is 8.62.